The molecule has 4 heteroatoms. The second-order valence-corrected chi connectivity index (χ2v) is 4.16. The van der Waals surface area contributed by atoms with Crippen molar-refractivity contribution in [2.24, 2.45) is 0 Å². The number of halogens is 1. The van der Waals surface area contributed by atoms with Gasteiger partial charge in [0.25, 0.3) is 0 Å². The van der Waals surface area contributed by atoms with Crippen LogP contribution in [0.1, 0.15) is 5.56 Å². The lowest BCUT2D eigenvalue weighted by Gasteiger charge is -2.18. The largest absolute Gasteiger partial charge is 0.506 e. The summed E-state index contributed by atoms with van der Waals surface area (Å²) in [4.78, 5) is 0. The van der Waals surface area contributed by atoms with Crippen molar-refractivity contribution in [1.29, 1.82) is 0 Å². The van der Waals surface area contributed by atoms with Crippen molar-refractivity contribution in [3.05, 3.63) is 59.9 Å². The molecule has 0 amide bonds. The smallest absolute Gasteiger partial charge is 0.139 e. The van der Waals surface area contributed by atoms with Gasteiger partial charge in [0.2, 0.25) is 0 Å². The average Bonchev–Trinajstić information content (AvgIpc) is 2.29. The fraction of sp³-hybridized carbons (Fsp3) is 0.0769. The van der Waals surface area contributed by atoms with Crippen LogP contribution in [0.3, 0.4) is 0 Å². The second-order valence-electron chi connectivity index (χ2n) is 3.68. The summed E-state index contributed by atoms with van der Waals surface area (Å²) in [7, 11) is 0. The first-order valence-electron chi connectivity index (χ1n) is 5.15. The molecule has 17 heavy (non-hydrogen) atoms. The zero-order valence-corrected chi connectivity index (χ0v) is 9.94. The van der Waals surface area contributed by atoms with Gasteiger partial charge in [-0.1, -0.05) is 37.1 Å². The Bertz CT molecular complexity index is 518. The van der Waals surface area contributed by atoms with Gasteiger partial charge in [0.05, 0.1) is 12.2 Å². The van der Waals surface area contributed by atoms with E-state index >= 15 is 0 Å². The van der Waals surface area contributed by atoms with Crippen molar-refractivity contribution in [3.63, 3.8) is 0 Å². The second kappa shape index (κ2) is 5.10. The molecule has 0 saturated heterocycles. The van der Waals surface area contributed by atoms with Gasteiger partial charge < -0.3 is 9.41 Å². The zero-order chi connectivity index (χ0) is 12.3. The lowest BCUT2D eigenvalue weighted by Crippen LogP contribution is -2.10. The maximum atomic E-state index is 13.0. The fourth-order valence-corrected chi connectivity index (χ4v) is 1.91. The number of aromatic hydroxyl groups is 1. The number of thiol groups is 1. The van der Waals surface area contributed by atoms with E-state index in [-0.39, 0.29) is 11.6 Å². The monoisotopic (exact) mass is 249 g/mol. The number of hydrogen-bond donors (Lipinski definition) is 2. The van der Waals surface area contributed by atoms with Gasteiger partial charge in [-0.25, -0.2) is 4.39 Å². The molecule has 0 radical (unpaired) electrons. The fourth-order valence-electron chi connectivity index (χ4n) is 1.58. The van der Waals surface area contributed by atoms with Gasteiger partial charge in [-0.05, 0) is 29.8 Å². The summed E-state index contributed by atoms with van der Waals surface area (Å²) < 4.78 is 14.6. The molecule has 2 rings (SSSR count). The maximum absolute atomic E-state index is 13.0. The molecule has 0 spiro atoms. The van der Waals surface area contributed by atoms with Gasteiger partial charge >= 0.3 is 0 Å². The maximum Gasteiger partial charge on any atom is 0.139 e. The highest BCUT2D eigenvalue weighted by Crippen LogP contribution is 2.28. The average molecular weight is 249 g/mol. The van der Waals surface area contributed by atoms with E-state index in [2.05, 4.69) is 12.8 Å². The Labute approximate surface area is 105 Å². The van der Waals surface area contributed by atoms with Gasteiger partial charge in [-0.15, -0.1) is 0 Å². The minimum Gasteiger partial charge on any atom is -0.506 e. The van der Waals surface area contributed by atoms with Crippen LogP contribution < -0.4 is 4.31 Å². The topological polar surface area (TPSA) is 23.5 Å². The van der Waals surface area contributed by atoms with E-state index in [1.807, 2.05) is 12.1 Å². The summed E-state index contributed by atoms with van der Waals surface area (Å²) >= 11 is 4.29. The molecule has 0 aromatic heterocycles. The van der Waals surface area contributed by atoms with Gasteiger partial charge in [0.1, 0.15) is 11.6 Å². The molecule has 0 unspecified atom stereocenters. The van der Waals surface area contributed by atoms with E-state index in [1.165, 1.54) is 12.1 Å². The molecule has 2 aromatic rings. The van der Waals surface area contributed by atoms with Crippen molar-refractivity contribution in [2.75, 3.05) is 4.31 Å². The van der Waals surface area contributed by atoms with Crippen molar-refractivity contribution < 1.29 is 9.50 Å². The molecule has 0 heterocycles. The van der Waals surface area contributed by atoms with Crippen LogP contribution in [-0.2, 0) is 6.54 Å². The van der Waals surface area contributed by atoms with Crippen molar-refractivity contribution >= 4 is 18.5 Å². The number of para-hydroxylation sites is 2. The number of hydrogen-bond acceptors (Lipinski definition) is 3. The standard InChI is InChI=1S/C13H12FNOS/c14-11-5-3-4-10(8-11)9-15(17)12-6-1-2-7-13(12)16/h1-8,16-17H,9H2. The number of phenols is 1. The van der Waals surface area contributed by atoms with Crippen LogP contribution in [0, 0.1) is 5.82 Å². The van der Waals surface area contributed by atoms with Crippen molar-refractivity contribution in [1.82, 2.24) is 0 Å². The Kier molecular flexibility index (Phi) is 3.54. The first-order chi connectivity index (χ1) is 8.16. The van der Waals surface area contributed by atoms with Gasteiger partial charge in [0.15, 0.2) is 0 Å². The minimum absolute atomic E-state index is 0.152. The molecule has 1 N–H and O–H groups in total. The van der Waals surface area contributed by atoms with Crippen LogP contribution in [0.15, 0.2) is 48.5 Å². The molecule has 0 fully saturated rings. The summed E-state index contributed by atoms with van der Waals surface area (Å²) in [5, 5.41) is 9.65. The lowest BCUT2D eigenvalue weighted by molar-refractivity contribution is 0.476. The summed E-state index contributed by atoms with van der Waals surface area (Å²) in [5.41, 5.74) is 1.39. The molecule has 0 aliphatic heterocycles. The zero-order valence-electron chi connectivity index (χ0n) is 9.05. The van der Waals surface area contributed by atoms with Gasteiger partial charge in [0, 0.05) is 0 Å². The van der Waals surface area contributed by atoms with Crippen LogP contribution in [0.2, 0.25) is 0 Å². The van der Waals surface area contributed by atoms with Crippen LogP contribution in [0.25, 0.3) is 0 Å². The van der Waals surface area contributed by atoms with E-state index in [9.17, 15) is 9.50 Å². The van der Waals surface area contributed by atoms with Crippen molar-refractivity contribution in [3.8, 4) is 5.75 Å². The van der Waals surface area contributed by atoms with Crippen molar-refractivity contribution in [2.45, 2.75) is 6.54 Å². The minimum atomic E-state index is -0.276. The van der Waals surface area contributed by atoms with E-state index in [4.69, 9.17) is 0 Å². The van der Waals surface area contributed by atoms with Gasteiger partial charge in [-0.3, -0.25) is 0 Å². The third kappa shape index (κ3) is 2.91. The number of nitrogens with zero attached hydrogens (tertiary/aromatic N) is 1. The number of rotatable bonds is 3. The predicted molar refractivity (Wildman–Crippen MR) is 69.7 cm³/mol. The number of phenolic OH excluding ortho intramolecular Hbond substituents is 1. The summed E-state index contributed by atoms with van der Waals surface area (Å²) in [6.45, 7) is 0.415. The third-order valence-corrected chi connectivity index (χ3v) is 2.74. The molecule has 0 saturated carbocycles. The molecule has 0 atom stereocenters. The predicted octanol–water partition coefficient (Wildman–Crippen LogP) is 3.38. The van der Waals surface area contributed by atoms with E-state index in [0.717, 1.165) is 5.56 Å². The molecule has 0 aliphatic rings. The molecule has 2 nitrogen and oxygen atoms in total. The normalized spacial score (nSPS) is 10.2. The highest BCUT2D eigenvalue weighted by atomic mass is 32.1. The van der Waals surface area contributed by atoms with E-state index < -0.39 is 0 Å². The first-order valence-corrected chi connectivity index (χ1v) is 5.55. The van der Waals surface area contributed by atoms with Crippen LogP contribution in [-0.4, -0.2) is 5.11 Å². The molecule has 0 bridgehead atoms. The Morgan fingerprint density at radius 3 is 2.59 bits per heavy atom. The third-order valence-electron chi connectivity index (χ3n) is 2.38. The summed E-state index contributed by atoms with van der Waals surface area (Å²) in [6, 6.07) is 13.2. The molecule has 0 aliphatic carbocycles. The first kappa shape index (κ1) is 11.8. The van der Waals surface area contributed by atoms with Crippen LogP contribution in [0.4, 0.5) is 10.1 Å². The Balaban J connectivity index is 2.17. The number of anilines is 1. The molecular formula is C13H12FNOS. The lowest BCUT2D eigenvalue weighted by atomic mass is 10.2. The highest BCUT2D eigenvalue weighted by molar-refractivity contribution is 7.81. The van der Waals surface area contributed by atoms with Crippen LogP contribution >= 0.6 is 12.8 Å². The summed E-state index contributed by atoms with van der Waals surface area (Å²) in [5.74, 6) is -0.125. The highest BCUT2D eigenvalue weighted by Gasteiger charge is 2.07. The van der Waals surface area contributed by atoms with E-state index in [0.29, 0.717) is 12.2 Å². The Morgan fingerprint density at radius 2 is 1.88 bits per heavy atom. The van der Waals surface area contributed by atoms with Crippen LogP contribution in [0.5, 0.6) is 5.75 Å². The summed E-state index contributed by atoms with van der Waals surface area (Å²) in [6.07, 6.45) is 0. The van der Waals surface area contributed by atoms with Gasteiger partial charge in [-0.2, -0.15) is 0 Å². The molecular weight excluding hydrogens is 237 g/mol. The molecule has 2 aromatic carbocycles. The van der Waals surface area contributed by atoms with E-state index in [1.54, 1.807) is 28.6 Å². The number of benzene rings is 2. The molecule has 88 valence electrons. The Morgan fingerprint density at radius 1 is 1.12 bits per heavy atom. The Hall–Kier alpha value is -1.68. The SMILES string of the molecule is Oc1ccccc1N(S)Cc1cccc(F)c1. The quantitative estimate of drug-likeness (QED) is 0.815.